The number of hydrogen-bond donors (Lipinski definition) is 1. The van der Waals surface area contributed by atoms with Gasteiger partial charge in [0.1, 0.15) is 10.7 Å². The number of thiophene rings is 1. The molecule has 2 unspecified atom stereocenters. The Morgan fingerprint density at radius 1 is 1.33 bits per heavy atom. The lowest BCUT2D eigenvalue weighted by Gasteiger charge is -2.37. The fraction of sp³-hybridized carbons (Fsp3) is 0.591. The van der Waals surface area contributed by atoms with Crippen LogP contribution in [-0.2, 0) is 19.4 Å². The van der Waals surface area contributed by atoms with Gasteiger partial charge >= 0.3 is 0 Å². The Morgan fingerprint density at radius 2 is 2.13 bits per heavy atom. The normalized spacial score (nSPS) is 21.8. The molecule has 0 bridgehead atoms. The molecular weight excluding hydrogens is 398 g/mol. The fourth-order valence-corrected chi connectivity index (χ4v) is 6.15. The van der Waals surface area contributed by atoms with E-state index in [0.29, 0.717) is 5.92 Å². The van der Waals surface area contributed by atoms with E-state index in [1.54, 1.807) is 11.3 Å². The first-order valence-corrected chi connectivity index (χ1v) is 11.7. The Kier molecular flexibility index (Phi) is 5.24. The summed E-state index contributed by atoms with van der Waals surface area (Å²) in [5, 5.41) is 4.81. The second kappa shape index (κ2) is 7.90. The fourth-order valence-electron chi connectivity index (χ4n) is 4.76. The summed E-state index contributed by atoms with van der Waals surface area (Å²) in [5.41, 5.74) is 2.21. The van der Waals surface area contributed by atoms with E-state index in [9.17, 15) is 4.79 Å². The number of hydrogen-bond acceptors (Lipinski definition) is 7. The maximum Gasteiger partial charge on any atom is 0.259 e. The van der Waals surface area contributed by atoms with Crippen LogP contribution in [0, 0.1) is 12.8 Å². The van der Waals surface area contributed by atoms with Crippen LogP contribution in [0.5, 0.6) is 0 Å². The number of aromatic amines is 1. The molecular formula is C22H29N5O2S. The number of nitrogens with one attached hydrogen (secondary N) is 1. The smallest absolute Gasteiger partial charge is 0.259 e. The molecule has 4 heterocycles. The van der Waals surface area contributed by atoms with Gasteiger partial charge in [0.2, 0.25) is 0 Å². The molecule has 5 rings (SSSR count). The zero-order chi connectivity index (χ0) is 20.8. The predicted molar refractivity (Wildman–Crippen MR) is 118 cm³/mol. The number of rotatable bonds is 4. The van der Waals surface area contributed by atoms with E-state index in [-0.39, 0.29) is 11.6 Å². The maximum atomic E-state index is 12.9. The van der Waals surface area contributed by atoms with Crippen molar-refractivity contribution in [3.8, 4) is 0 Å². The number of piperazine rings is 1. The van der Waals surface area contributed by atoms with Gasteiger partial charge in [-0.15, -0.1) is 11.3 Å². The highest BCUT2D eigenvalue weighted by molar-refractivity contribution is 7.18. The van der Waals surface area contributed by atoms with Gasteiger partial charge in [0.05, 0.1) is 23.7 Å². The lowest BCUT2D eigenvalue weighted by Crippen LogP contribution is -2.47. The number of aromatic nitrogens is 3. The second-order valence-corrected chi connectivity index (χ2v) is 9.99. The Hall–Kier alpha value is -2.03. The van der Waals surface area contributed by atoms with E-state index in [0.717, 1.165) is 79.5 Å². The summed E-state index contributed by atoms with van der Waals surface area (Å²) in [6.07, 6.45) is 3.24. The van der Waals surface area contributed by atoms with Crippen molar-refractivity contribution in [3.63, 3.8) is 0 Å². The number of nitrogens with zero attached hydrogens (tertiary/aromatic N) is 4. The van der Waals surface area contributed by atoms with Crippen molar-refractivity contribution in [1.82, 2.24) is 24.9 Å². The molecule has 2 aliphatic rings. The quantitative estimate of drug-likeness (QED) is 0.688. The van der Waals surface area contributed by atoms with Crippen molar-refractivity contribution >= 4 is 21.6 Å². The average Bonchev–Trinajstić information content (AvgIpc) is 3.30. The average molecular weight is 428 g/mol. The van der Waals surface area contributed by atoms with E-state index in [2.05, 4.69) is 33.8 Å². The minimum absolute atomic E-state index is 0.0354. The standard InChI is InChI=1S/C22H29N5O2S/c1-13-4-5-17-18(10-13)30-22-19(17)21(28)23-20(24-22)15(3)27-8-6-26(7-9-27)12-16-11-14(2)25-29-16/h11,13,15H,4-10,12H2,1-3H3,(H,23,24,28). The van der Waals surface area contributed by atoms with Crippen molar-refractivity contribution in [2.75, 3.05) is 26.2 Å². The summed E-state index contributed by atoms with van der Waals surface area (Å²) >= 11 is 1.73. The topological polar surface area (TPSA) is 78.3 Å². The SMILES string of the molecule is Cc1cc(CN2CCN(C(C)c3nc4sc5c(c4c(=O)[nH]3)CCC(C)C5)CC2)on1. The van der Waals surface area contributed by atoms with E-state index in [1.807, 2.05) is 13.0 Å². The van der Waals surface area contributed by atoms with Gasteiger partial charge in [-0.2, -0.15) is 0 Å². The van der Waals surface area contributed by atoms with Crippen LogP contribution < -0.4 is 5.56 Å². The Balaban J connectivity index is 1.30. The minimum atomic E-state index is 0.0354. The van der Waals surface area contributed by atoms with Gasteiger partial charge < -0.3 is 9.51 Å². The van der Waals surface area contributed by atoms with Crippen LogP contribution in [0.3, 0.4) is 0 Å². The third-order valence-corrected chi connectivity index (χ3v) is 7.74. The van der Waals surface area contributed by atoms with Crippen LogP contribution in [0.15, 0.2) is 15.4 Å². The van der Waals surface area contributed by atoms with Gasteiger partial charge in [0.15, 0.2) is 5.76 Å². The minimum Gasteiger partial charge on any atom is -0.360 e. The van der Waals surface area contributed by atoms with Gasteiger partial charge in [0, 0.05) is 37.1 Å². The second-order valence-electron chi connectivity index (χ2n) is 8.91. The zero-order valence-electron chi connectivity index (χ0n) is 17.9. The van der Waals surface area contributed by atoms with Crippen molar-refractivity contribution in [1.29, 1.82) is 0 Å². The molecule has 0 radical (unpaired) electrons. The summed E-state index contributed by atoms with van der Waals surface area (Å²) in [7, 11) is 0. The molecule has 0 amide bonds. The molecule has 0 spiro atoms. The van der Waals surface area contributed by atoms with Crippen LogP contribution in [-0.4, -0.2) is 51.1 Å². The molecule has 8 heteroatoms. The van der Waals surface area contributed by atoms with E-state index in [4.69, 9.17) is 9.51 Å². The van der Waals surface area contributed by atoms with Gasteiger partial charge in [-0.1, -0.05) is 12.1 Å². The molecule has 3 aromatic heterocycles. The van der Waals surface area contributed by atoms with Crippen molar-refractivity contribution < 1.29 is 4.52 Å². The maximum absolute atomic E-state index is 12.9. The van der Waals surface area contributed by atoms with Crippen molar-refractivity contribution in [2.24, 2.45) is 5.92 Å². The predicted octanol–water partition coefficient (Wildman–Crippen LogP) is 3.28. The van der Waals surface area contributed by atoms with Gasteiger partial charge in [0.25, 0.3) is 5.56 Å². The molecule has 1 saturated heterocycles. The van der Waals surface area contributed by atoms with Crippen molar-refractivity contribution in [2.45, 2.75) is 52.6 Å². The number of H-pyrrole nitrogens is 1. The van der Waals surface area contributed by atoms with Crippen LogP contribution in [0.2, 0.25) is 0 Å². The monoisotopic (exact) mass is 427 g/mol. The molecule has 1 fully saturated rings. The third kappa shape index (κ3) is 3.72. The molecule has 2 atom stereocenters. The van der Waals surface area contributed by atoms with Gasteiger partial charge in [-0.3, -0.25) is 14.6 Å². The molecule has 3 aromatic rings. The van der Waals surface area contributed by atoms with E-state index < -0.39 is 0 Å². The van der Waals surface area contributed by atoms with E-state index in [1.165, 1.54) is 10.4 Å². The molecule has 0 saturated carbocycles. The molecule has 7 nitrogen and oxygen atoms in total. The first-order chi connectivity index (χ1) is 14.5. The summed E-state index contributed by atoms with van der Waals surface area (Å²) in [5.74, 6) is 2.40. The van der Waals surface area contributed by atoms with Crippen LogP contribution in [0.1, 0.15) is 54.0 Å². The zero-order valence-corrected chi connectivity index (χ0v) is 18.7. The Bertz CT molecular complexity index is 1110. The van der Waals surface area contributed by atoms with Crippen LogP contribution >= 0.6 is 11.3 Å². The van der Waals surface area contributed by atoms with E-state index >= 15 is 0 Å². The third-order valence-electron chi connectivity index (χ3n) is 6.59. The number of aryl methyl sites for hydroxylation is 2. The summed E-state index contributed by atoms with van der Waals surface area (Å²) < 4.78 is 5.35. The highest BCUT2D eigenvalue weighted by atomic mass is 32.1. The highest BCUT2D eigenvalue weighted by Crippen LogP contribution is 2.36. The van der Waals surface area contributed by atoms with Gasteiger partial charge in [-0.25, -0.2) is 4.98 Å². The first-order valence-electron chi connectivity index (χ1n) is 10.9. The van der Waals surface area contributed by atoms with Crippen LogP contribution in [0.4, 0.5) is 0 Å². The summed E-state index contributed by atoms with van der Waals surface area (Å²) in [6.45, 7) is 11.0. The Labute approximate surface area is 180 Å². The molecule has 1 aliphatic carbocycles. The highest BCUT2D eigenvalue weighted by Gasteiger charge is 2.27. The molecule has 1 aliphatic heterocycles. The Morgan fingerprint density at radius 3 is 2.87 bits per heavy atom. The lowest BCUT2D eigenvalue weighted by molar-refractivity contribution is 0.0889. The largest absolute Gasteiger partial charge is 0.360 e. The number of fused-ring (bicyclic) bond motifs is 3. The molecule has 30 heavy (non-hydrogen) atoms. The lowest BCUT2D eigenvalue weighted by atomic mass is 9.89. The van der Waals surface area contributed by atoms with Crippen LogP contribution in [0.25, 0.3) is 10.2 Å². The molecule has 1 N–H and O–H groups in total. The van der Waals surface area contributed by atoms with Gasteiger partial charge in [-0.05, 0) is 44.6 Å². The first kappa shape index (κ1) is 19.9. The molecule has 0 aromatic carbocycles. The summed E-state index contributed by atoms with van der Waals surface area (Å²) in [4.78, 5) is 28.0. The summed E-state index contributed by atoms with van der Waals surface area (Å²) in [6, 6.07) is 2.09. The van der Waals surface area contributed by atoms with Crippen molar-refractivity contribution in [3.05, 3.63) is 44.1 Å². The molecule has 160 valence electrons.